The smallest absolute Gasteiger partial charge is 0.310 e. The van der Waals surface area contributed by atoms with Gasteiger partial charge in [-0.1, -0.05) is 36.4 Å². The van der Waals surface area contributed by atoms with Gasteiger partial charge in [0.2, 0.25) is 0 Å². The fourth-order valence-corrected chi connectivity index (χ4v) is 5.74. The summed E-state index contributed by atoms with van der Waals surface area (Å²) >= 11 is 0. The number of ether oxygens (including phenoxy) is 1. The standard InChI is InChI=1S/C31H37N5O3/c1-7-24-18-36(17-23-15-32-13-12-27(23)39-24)16-22-14-21(9-8-19(22)2)28(31(4,5)30(37)38)25-10-11-26-29(20(25)3)33-34-35(26)6/h8-15,24,28H,7,16-18H2,1-6H3,(H,37,38)/t24-,28+/m1/s1. The number of pyridine rings is 1. The minimum atomic E-state index is -1.05. The van der Waals surface area contributed by atoms with Crippen LogP contribution in [0.5, 0.6) is 5.75 Å². The molecule has 0 radical (unpaired) electrons. The van der Waals surface area contributed by atoms with Crippen molar-refractivity contribution >= 4 is 17.0 Å². The molecule has 5 rings (SSSR count). The van der Waals surface area contributed by atoms with Gasteiger partial charge in [-0.2, -0.15) is 0 Å². The summed E-state index contributed by atoms with van der Waals surface area (Å²) in [7, 11) is 1.87. The van der Waals surface area contributed by atoms with E-state index in [9.17, 15) is 9.90 Å². The summed E-state index contributed by atoms with van der Waals surface area (Å²) in [5, 5.41) is 18.9. The van der Waals surface area contributed by atoms with Crippen molar-refractivity contribution in [2.75, 3.05) is 6.54 Å². The summed E-state index contributed by atoms with van der Waals surface area (Å²) in [6.45, 7) is 12.2. The number of rotatable bonds is 7. The fourth-order valence-electron chi connectivity index (χ4n) is 5.74. The van der Waals surface area contributed by atoms with Crippen LogP contribution in [-0.4, -0.2) is 48.6 Å². The van der Waals surface area contributed by atoms with E-state index in [0.717, 1.165) is 65.1 Å². The lowest BCUT2D eigenvalue weighted by Crippen LogP contribution is -2.33. The van der Waals surface area contributed by atoms with Crippen molar-refractivity contribution in [3.8, 4) is 5.75 Å². The number of aryl methyl sites for hydroxylation is 3. The van der Waals surface area contributed by atoms with Crippen LogP contribution in [0.3, 0.4) is 0 Å². The highest BCUT2D eigenvalue weighted by Crippen LogP contribution is 2.44. The molecule has 204 valence electrons. The van der Waals surface area contributed by atoms with Gasteiger partial charge in [0.05, 0.1) is 10.9 Å². The van der Waals surface area contributed by atoms with E-state index < -0.39 is 11.4 Å². The van der Waals surface area contributed by atoms with E-state index in [0.29, 0.717) is 0 Å². The van der Waals surface area contributed by atoms with Crippen molar-refractivity contribution in [2.24, 2.45) is 12.5 Å². The second-order valence-corrected chi connectivity index (χ2v) is 11.3. The average molecular weight is 528 g/mol. The highest BCUT2D eigenvalue weighted by molar-refractivity contribution is 5.81. The molecule has 2 aromatic carbocycles. The van der Waals surface area contributed by atoms with Crippen LogP contribution in [0, 0.1) is 19.3 Å². The molecule has 1 N–H and O–H groups in total. The van der Waals surface area contributed by atoms with E-state index in [-0.39, 0.29) is 12.0 Å². The van der Waals surface area contributed by atoms with Crippen LogP contribution in [0.4, 0.5) is 0 Å². The predicted octanol–water partition coefficient (Wildman–Crippen LogP) is 5.40. The molecule has 0 saturated carbocycles. The van der Waals surface area contributed by atoms with Gasteiger partial charge in [0, 0.05) is 50.6 Å². The van der Waals surface area contributed by atoms with Crippen LogP contribution in [0.25, 0.3) is 11.0 Å². The zero-order valence-electron chi connectivity index (χ0n) is 23.6. The Balaban J connectivity index is 1.56. The Labute approximate surface area is 229 Å². The summed E-state index contributed by atoms with van der Waals surface area (Å²) < 4.78 is 8.03. The quantitative estimate of drug-likeness (QED) is 0.344. The number of aliphatic carboxylic acids is 1. The summed E-state index contributed by atoms with van der Waals surface area (Å²) in [6.07, 6.45) is 4.67. The number of aromatic nitrogens is 4. The minimum absolute atomic E-state index is 0.0946. The molecule has 0 saturated heterocycles. The Kier molecular flexibility index (Phi) is 7.16. The molecular formula is C31H37N5O3. The number of hydrogen-bond donors (Lipinski definition) is 1. The third-order valence-electron chi connectivity index (χ3n) is 8.23. The predicted molar refractivity (Wildman–Crippen MR) is 151 cm³/mol. The third-order valence-corrected chi connectivity index (χ3v) is 8.23. The molecule has 1 aliphatic rings. The number of carbonyl (C=O) groups is 1. The number of fused-ring (bicyclic) bond motifs is 2. The molecule has 8 heteroatoms. The minimum Gasteiger partial charge on any atom is -0.489 e. The Hall–Kier alpha value is -3.78. The van der Waals surface area contributed by atoms with Crippen LogP contribution < -0.4 is 4.74 Å². The maximum Gasteiger partial charge on any atom is 0.310 e. The number of hydrogen-bond acceptors (Lipinski definition) is 6. The highest BCUT2D eigenvalue weighted by Gasteiger charge is 2.40. The number of carboxylic acids is 1. The first-order valence-corrected chi connectivity index (χ1v) is 13.5. The van der Waals surface area contributed by atoms with E-state index >= 15 is 0 Å². The lowest BCUT2D eigenvalue weighted by atomic mass is 9.69. The Morgan fingerprint density at radius 3 is 2.74 bits per heavy atom. The molecule has 4 aromatic rings. The summed E-state index contributed by atoms with van der Waals surface area (Å²) in [6, 6.07) is 12.4. The highest BCUT2D eigenvalue weighted by atomic mass is 16.5. The number of nitrogens with zero attached hydrogens (tertiary/aromatic N) is 5. The Morgan fingerprint density at radius 1 is 1.21 bits per heavy atom. The summed E-state index contributed by atoms with van der Waals surface area (Å²) in [4.78, 5) is 19.3. The van der Waals surface area contributed by atoms with E-state index in [1.165, 1.54) is 11.1 Å². The zero-order chi connectivity index (χ0) is 27.9. The summed E-state index contributed by atoms with van der Waals surface area (Å²) in [5.41, 5.74) is 7.01. The molecule has 0 bridgehead atoms. The molecule has 0 amide bonds. The maximum absolute atomic E-state index is 12.6. The molecule has 2 atom stereocenters. The normalized spacial score (nSPS) is 16.9. The first kappa shape index (κ1) is 26.8. The van der Waals surface area contributed by atoms with Crippen molar-refractivity contribution in [3.63, 3.8) is 0 Å². The van der Waals surface area contributed by atoms with Gasteiger partial charge in [-0.15, -0.1) is 5.10 Å². The third kappa shape index (κ3) is 5.01. The monoisotopic (exact) mass is 527 g/mol. The van der Waals surface area contributed by atoms with Crippen molar-refractivity contribution in [1.82, 2.24) is 24.9 Å². The molecule has 8 nitrogen and oxygen atoms in total. The van der Waals surface area contributed by atoms with Crippen molar-refractivity contribution < 1.29 is 14.6 Å². The lowest BCUT2D eigenvalue weighted by Gasteiger charge is -2.33. The Bertz CT molecular complexity index is 1530. The van der Waals surface area contributed by atoms with Gasteiger partial charge < -0.3 is 9.84 Å². The second-order valence-electron chi connectivity index (χ2n) is 11.3. The molecule has 0 fully saturated rings. The lowest BCUT2D eigenvalue weighted by molar-refractivity contribution is -0.147. The van der Waals surface area contributed by atoms with Crippen molar-refractivity contribution in [2.45, 2.75) is 66.2 Å². The largest absolute Gasteiger partial charge is 0.489 e. The molecular weight excluding hydrogens is 490 g/mol. The van der Waals surface area contributed by atoms with Gasteiger partial charge in [0.1, 0.15) is 17.4 Å². The van der Waals surface area contributed by atoms with Crippen molar-refractivity contribution in [3.05, 3.63) is 82.2 Å². The second kappa shape index (κ2) is 10.4. The number of carboxylic acid groups (broad SMARTS) is 1. The van der Waals surface area contributed by atoms with Gasteiger partial charge in [0.15, 0.2) is 0 Å². The van der Waals surface area contributed by atoms with E-state index in [2.05, 4.69) is 52.2 Å². The van der Waals surface area contributed by atoms with Crippen LogP contribution in [-0.2, 0) is 24.9 Å². The topological polar surface area (TPSA) is 93.4 Å². The van der Waals surface area contributed by atoms with Gasteiger partial charge in [0.25, 0.3) is 0 Å². The van der Waals surface area contributed by atoms with Gasteiger partial charge in [-0.25, -0.2) is 4.68 Å². The Morgan fingerprint density at radius 2 is 2.00 bits per heavy atom. The molecule has 3 heterocycles. The van der Waals surface area contributed by atoms with E-state index in [1.54, 1.807) is 10.9 Å². The van der Waals surface area contributed by atoms with Gasteiger partial charge in [-0.3, -0.25) is 14.7 Å². The first-order chi connectivity index (χ1) is 18.6. The van der Waals surface area contributed by atoms with Crippen LogP contribution in [0.15, 0.2) is 48.8 Å². The number of benzene rings is 2. The van der Waals surface area contributed by atoms with Crippen LogP contribution >= 0.6 is 0 Å². The van der Waals surface area contributed by atoms with E-state index in [1.807, 2.05) is 52.2 Å². The van der Waals surface area contributed by atoms with Crippen molar-refractivity contribution in [1.29, 1.82) is 0 Å². The molecule has 39 heavy (non-hydrogen) atoms. The first-order valence-electron chi connectivity index (χ1n) is 13.5. The van der Waals surface area contributed by atoms with Gasteiger partial charge in [-0.05, 0) is 74.1 Å². The molecule has 1 aliphatic heterocycles. The molecule has 2 aromatic heterocycles. The zero-order valence-corrected chi connectivity index (χ0v) is 23.6. The van der Waals surface area contributed by atoms with Crippen LogP contribution in [0.2, 0.25) is 0 Å². The molecule has 0 spiro atoms. The fraction of sp³-hybridized carbons (Fsp3) is 0.419. The molecule has 0 aliphatic carbocycles. The van der Waals surface area contributed by atoms with Gasteiger partial charge >= 0.3 is 5.97 Å². The average Bonchev–Trinajstić information content (AvgIpc) is 3.18. The summed E-state index contributed by atoms with van der Waals surface area (Å²) in [5.74, 6) is -0.308. The molecule has 0 unspecified atom stereocenters. The maximum atomic E-state index is 12.6. The SMILES string of the molecule is CC[C@@H]1CN(Cc2cc([C@@H](c3ccc4c(nnn4C)c3C)C(C)(C)C(=O)O)ccc2C)Cc2cnccc2O1. The van der Waals surface area contributed by atoms with Crippen LogP contribution in [0.1, 0.15) is 66.5 Å². The van der Waals surface area contributed by atoms with E-state index in [4.69, 9.17) is 4.74 Å².